The van der Waals surface area contributed by atoms with Gasteiger partial charge in [-0.3, -0.25) is 0 Å². The molecule has 0 bridgehead atoms. The average Bonchev–Trinajstić information content (AvgIpc) is 2.23. The summed E-state index contributed by atoms with van der Waals surface area (Å²) in [6.45, 7) is 0. The first kappa shape index (κ1) is 31.5. The molecule has 0 aliphatic heterocycles. The van der Waals surface area contributed by atoms with Crippen LogP contribution in [-0.2, 0) is 0 Å². The number of benzene rings is 1. The van der Waals surface area contributed by atoms with Crippen LogP contribution >= 0.6 is 0 Å². The minimum absolute atomic E-state index is 0. The molecule has 0 heterocycles. The van der Waals surface area contributed by atoms with Gasteiger partial charge in [0, 0.05) is 5.56 Å². The van der Waals surface area contributed by atoms with Crippen molar-refractivity contribution in [3.63, 3.8) is 0 Å². The van der Waals surface area contributed by atoms with Crippen molar-refractivity contribution >= 4 is 73.1 Å². The normalized spacial score (nSPS) is 10.1. The minimum atomic E-state index is -6.00. The van der Waals surface area contributed by atoms with Crippen molar-refractivity contribution in [3.05, 3.63) is 35.9 Å². The number of rotatable bonds is 0. The molecule has 1 rings (SSSR count). The van der Waals surface area contributed by atoms with E-state index in [0.29, 0.717) is 0 Å². The molecule has 0 unspecified atom stereocenters. The zero-order chi connectivity index (χ0) is 19.3. The Kier molecular flexibility index (Phi) is 19.8. The van der Waals surface area contributed by atoms with Crippen LogP contribution in [0, 0.1) is 12.3 Å². The maximum absolute atomic E-state index is 9.75. The molecule has 0 saturated carbocycles. The van der Waals surface area contributed by atoms with Crippen molar-refractivity contribution in [2.45, 2.75) is 0 Å². The van der Waals surface area contributed by atoms with Crippen molar-refractivity contribution in [2.24, 2.45) is 0 Å². The number of halogens is 12. The summed E-state index contributed by atoms with van der Waals surface area (Å²) in [6, 6.07) is 9.60. The van der Waals surface area contributed by atoms with Crippen LogP contribution in [0.3, 0.4) is 0 Å². The molecule has 0 fully saturated rings. The quantitative estimate of drug-likeness (QED) is 0.328. The van der Waals surface area contributed by atoms with E-state index in [1.165, 1.54) is 0 Å². The van der Waals surface area contributed by atoms with Crippen molar-refractivity contribution in [2.75, 3.05) is 0 Å². The van der Waals surface area contributed by atoms with E-state index in [1.54, 1.807) is 0 Å². The molecule has 0 spiro atoms. The van der Waals surface area contributed by atoms with E-state index in [-0.39, 0.29) is 51.4 Å². The van der Waals surface area contributed by atoms with E-state index in [1.807, 2.05) is 30.3 Å². The second kappa shape index (κ2) is 15.1. The van der Waals surface area contributed by atoms with Crippen molar-refractivity contribution in [1.82, 2.24) is 0 Å². The van der Waals surface area contributed by atoms with Crippen molar-refractivity contribution in [1.29, 1.82) is 0 Å². The third-order valence-corrected chi connectivity index (χ3v) is 0.940. The summed E-state index contributed by atoms with van der Waals surface area (Å²) in [6.07, 6.45) is 5.10. The Morgan fingerprint density at radius 1 is 0.583 bits per heavy atom. The standard InChI is InChI=1S/C8H6.3BF4.K.H/c1-2-8-6-4-3-5-7-8;3*2-1(3,4)5;;/h1,3-7H;;;;;/q;3*-1;;. The van der Waals surface area contributed by atoms with Gasteiger partial charge in [0.25, 0.3) is 0 Å². The van der Waals surface area contributed by atoms with Gasteiger partial charge in [-0.2, -0.15) is 0 Å². The van der Waals surface area contributed by atoms with Crippen molar-refractivity contribution in [3.8, 4) is 12.3 Å². The Labute approximate surface area is 172 Å². The van der Waals surface area contributed by atoms with Gasteiger partial charge in [0.2, 0.25) is 0 Å². The van der Waals surface area contributed by atoms with E-state index in [0.717, 1.165) is 5.56 Å². The number of terminal acetylenes is 1. The molecule has 0 saturated heterocycles. The second-order valence-corrected chi connectivity index (χ2v) is 2.99. The van der Waals surface area contributed by atoms with Crippen LogP contribution in [0.25, 0.3) is 0 Å². The predicted molar refractivity (Wildman–Crippen MR) is 72.1 cm³/mol. The van der Waals surface area contributed by atoms with Crippen LogP contribution in [0.1, 0.15) is 5.56 Å². The second-order valence-electron chi connectivity index (χ2n) is 2.99. The van der Waals surface area contributed by atoms with Gasteiger partial charge < -0.3 is 51.8 Å². The Morgan fingerprint density at radius 2 is 0.792 bits per heavy atom. The van der Waals surface area contributed by atoms with Crippen LogP contribution < -0.4 is 0 Å². The molecule has 1 aromatic carbocycles. The summed E-state index contributed by atoms with van der Waals surface area (Å²) in [4.78, 5) is 0. The third kappa shape index (κ3) is 98.4. The SMILES string of the molecule is C#Cc1ccccc1.F[B-](F)(F)F.F[B-](F)(F)F.F[B-](F)(F)F.[KH]. The third-order valence-electron chi connectivity index (χ3n) is 0.940. The summed E-state index contributed by atoms with van der Waals surface area (Å²) in [5.74, 6) is 2.53. The van der Waals surface area contributed by atoms with E-state index in [9.17, 15) is 51.8 Å². The van der Waals surface area contributed by atoms with Gasteiger partial charge in [0.15, 0.2) is 0 Å². The Balaban J connectivity index is -0.000000113. The molecule has 0 aliphatic carbocycles. The van der Waals surface area contributed by atoms with E-state index >= 15 is 0 Å². The van der Waals surface area contributed by atoms with Crippen molar-refractivity contribution < 1.29 is 51.8 Å². The topological polar surface area (TPSA) is 0 Å². The van der Waals surface area contributed by atoms with Crippen LogP contribution in [0.4, 0.5) is 51.8 Å². The zero-order valence-electron chi connectivity index (χ0n) is 10.7. The van der Waals surface area contributed by atoms with Crippen LogP contribution in [0.15, 0.2) is 30.3 Å². The first-order valence-electron chi connectivity index (χ1n) is 5.07. The monoisotopic (exact) mass is 403 g/mol. The van der Waals surface area contributed by atoms with E-state index in [2.05, 4.69) is 5.92 Å². The molecule has 136 valence electrons. The molecule has 0 amide bonds. The maximum atomic E-state index is 9.75. The summed E-state index contributed by atoms with van der Waals surface area (Å²) in [5, 5.41) is 0. The molecule has 0 radical (unpaired) electrons. The predicted octanol–water partition coefficient (Wildman–Crippen LogP) is 4.92. The number of hydrogen-bond acceptors (Lipinski definition) is 0. The van der Waals surface area contributed by atoms with Crippen LogP contribution in [0.2, 0.25) is 0 Å². The fourth-order valence-electron chi connectivity index (χ4n) is 0.534. The summed E-state index contributed by atoms with van der Waals surface area (Å²) >= 11 is 0. The summed E-state index contributed by atoms with van der Waals surface area (Å²) < 4.78 is 117. The molecule has 16 heteroatoms. The van der Waals surface area contributed by atoms with Crippen LogP contribution in [0.5, 0.6) is 0 Å². The number of hydrogen-bond donors (Lipinski definition) is 0. The molecule has 1 aromatic rings. The fraction of sp³-hybridized carbons (Fsp3) is 0. The Bertz CT molecular complexity index is 388. The van der Waals surface area contributed by atoms with Gasteiger partial charge in [-0.25, -0.2) is 0 Å². The molecular weight excluding hydrogens is 396 g/mol. The van der Waals surface area contributed by atoms with Gasteiger partial charge in [-0.1, -0.05) is 24.1 Å². The fourth-order valence-corrected chi connectivity index (χ4v) is 0.534. The van der Waals surface area contributed by atoms with Gasteiger partial charge in [-0.05, 0) is 12.1 Å². The Hall–Kier alpha value is -0.229. The van der Waals surface area contributed by atoms with Gasteiger partial charge in [-0.15, -0.1) is 6.42 Å². The Morgan fingerprint density at radius 3 is 0.917 bits per heavy atom. The van der Waals surface area contributed by atoms with E-state index < -0.39 is 21.8 Å². The van der Waals surface area contributed by atoms with Gasteiger partial charge in [0.05, 0.1) is 0 Å². The average molecular weight is 403 g/mol. The molecular formula is C8H7B3F12K-3. The summed E-state index contributed by atoms with van der Waals surface area (Å²) in [7, 11) is -18.0. The molecule has 0 aromatic heterocycles. The molecule has 0 atom stereocenters. The summed E-state index contributed by atoms with van der Waals surface area (Å²) in [5.41, 5.74) is 0.938. The first-order valence-corrected chi connectivity index (χ1v) is 5.07. The van der Waals surface area contributed by atoms with Crippen LogP contribution in [-0.4, -0.2) is 73.1 Å². The van der Waals surface area contributed by atoms with Gasteiger partial charge >= 0.3 is 73.1 Å². The van der Waals surface area contributed by atoms with E-state index in [4.69, 9.17) is 6.42 Å². The molecule has 0 aliphatic rings. The molecule has 24 heavy (non-hydrogen) atoms. The molecule has 0 nitrogen and oxygen atoms in total. The van der Waals surface area contributed by atoms with Gasteiger partial charge in [0.1, 0.15) is 0 Å². The molecule has 0 N–H and O–H groups in total. The zero-order valence-corrected chi connectivity index (χ0v) is 10.7. The first-order chi connectivity index (χ1) is 9.93.